The van der Waals surface area contributed by atoms with Crippen molar-refractivity contribution in [3.05, 3.63) is 120 Å². The number of hydrogen-bond donors (Lipinski definition) is 0. The predicted octanol–water partition coefficient (Wildman–Crippen LogP) is 2.97. The zero-order chi connectivity index (χ0) is 30.7. The van der Waals surface area contributed by atoms with Gasteiger partial charge in [-0.1, -0.05) is 24.3 Å². The molecule has 224 valence electrons. The minimum absolute atomic E-state index is 0.0390. The quantitative estimate of drug-likeness (QED) is 0.221. The zero-order valence-corrected chi connectivity index (χ0v) is 24.4. The molecule has 11 heteroatoms. The van der Waals surface area contributed by atoms with Crippen LogP contribution < -0.4 is 0 Å². The number of piperidine rings is 2. The monoisotopic (exact) mass is 592 g/mol. The fourth-order valence-corrected chi connectivity index (χ4v) is 6.96. The number of carbonyl (C=O) groups excluding carboxylic acids is 3. The molecule has 2 aliphatic rings. The minimum Gasteiger partial charge on any atom is -0.468 e. The Balaban J connectivity index is 1.67. The predicted molar refractivity (Wildman–Crippen MR) is 157 cm³/mol. The van der Waals surface area contributed by atoms with Gasteiger partial charge in [0.1, 0.15) is 0 Å². The molecule has 2 bridgehead atoms. The molecule has 0 amide bonds. The third kappa shape index (κ3) is 4.74. The molecule has 6 rings (SSSR count). The molecule has 0 aliphatic carbocycles. The lowest BCUT2D eigenvalue weighted by atomic mass is 9.54. The number of aromatic nitrogens is 4. The number of rotatable bonds is 8. The van der Waals surface area contributed by atoms with Gasteiger partial charge >= 0.3 is 11.9 Å². The molecule has 0 N–H and O–H groups in total. The molecule has 2 saturated heterocycles. The topological polar surface area (TPSA) is 128 Å². The molecule has 2 aliphatic heterocycles. The van der Waals surface area contributed by atoms with Gasteiger partial charge in [0.25, 0.3) is 0 Å². The summed E-state index contributed by atoms with van der Waals surface area (Å²) in [4.78, 5) is 66.1. The Morgan fingerprint density at radius 1 is 0.682 bits per heavy atom. The van der Waals surface area contributed by atoms with Crippen molar-refractivity contribution in [2.45, 2.75) is 25.2 Å². The summed E-state index contributed by atoms with van der Waals surface area (Å²) < 4.78 is 10.9. The Morgan fingerprint density at radius 3 is 1.50 bits per heavy atom. The first-order valence-corrected chi connectivity index (χ1v) is 14.3. The maximum atomic E-state index is 15.3. The number of methoxy groups -OCH3 is 2. The van der Waals surface area contributed by atoms with E-state index in [1.54, 1.807) is 49.1 Å². The Kier molecular flexibility index (Phi) is 7.98. The molecule has 11 nitrogen and oxygen atoms in total. The summed E-state index contributed by atoms with van der Waals surface area (Å²) >= 11 is 0. The second kappa shape index (κ2) is 12.0. The molecular weight excluding hydrogens is 560 g/mol. The molecule has 6 heterocycles. The van der Waals surface area contributed by atoms with E-state index in [1.807, 2.05) is 58.3 Å². The molecule has 4 aromatic heterocycles. The van der Waals surface area contributed by atoms with E-state index >= 15 is 4.79 Å². The number of pyridine rings is 4. The zero-order valence-electron chi connectivity index (χ0n) is 24.4. The van der Waals surface area contributed by atoms with E-state index in [0.29, 0.717) is 22.8 Å². The van der Waals surface area contributed by atoms with Crippen LogP contribution >= 0.6 is 0 Å². The lowest BCUT2D eigenvalue weighted by molar-refractivity contribution is -0.207. The number of esters is 2. The van der Waals surface area contributed by atoms with Crippen molar-refractivity contribution in [1.29, 1.82) is 0 Å². The van der Waals surface area contributed by atoms with E-state index in [0.717, 1.165) is 0 Å². The summed E-state index contributed by atoms with van der Waals surface area (Å²) in [6, 6.07) is 19.9. The van der Waals surface area contributed by atoms with Crippen molar-refractivity contribution in [3.63, 3.8) is 0 Å². The Labute approximate surface area is 254 Å². The summed E-state index contributed by atoms with van der Waals surface area (Å²) in [6.07, 6.45) is 6.60. The Morgan fingerprint density at radius 2 is 1.11 bits per heavy atom. The van der Waals surface area contributed by atoms with Crippen molar-refractivity contribution < 1.29 is 23.9 Å². The summed E-state index contributed by atoms with van der Waals surface area (Å²) in [5, 5.41) is 0. The van der Waals surface area contributed by atoms with Crippen molar-refractivity contribution in [1.82, 2.24) is 29.7 Å². The van der Waals surface area contributed by atoms with Crippen molar-refractivity contribution in [2.75, 3.05) is 27.3 Å². The van der Waals surface area contributed by atoms with Gasteiger partial charge in [0.2, 0.25) is 0 Å². The van der Waals surface area contributed by atoms with Crippen LogP contribution in [0.4, 0.5) is 0 Å². The number of carbonyl (C=O) groups is 3. The molecule has 0 aromatic carbocycles. The van der Waals surface area contributed by atoms with E-state index in [4.69, 9.17) is 9.47 Å². The first-order valence-electron chi connectivity index (χ1n) is 14.3. The minimum atomic E-state index is -1.87. The van der Waals surface area contributed by atoms with Crippen molar-refractivity contribution >= 4 is 17.7 Å². The number of likely N-dealkylation sites (tertiary alicyclic amines) is 2. The molecule has 0 unspecified atom stereocenters. The average Bonchev–Trinajstić information content (AvgIpc) is 3.07. The lowest BCUT2D eigenvalue weighted by Gasteiger charge is -2.61. The fraction of sp³-hybridized carbons (Fsp3) is 0.303. The van der Waals surface area contributed by atoms with E-state index in [2.05, 4.69) is 19.9 Å². The van der Waals surface area contributed by atoms with Crippen molar-refractivity contribution in [2.24, 2.45) is 10.8 Å². The largest absolute Gasteiger partial charge is 0.468 e. The molecule has 44 heavy (non-hydrogen) atoms. The number of ether oxygens (including phenoxy) is 2. The van der Waals surface area contributed by atoms with Crippen LogP contribution in [0.3, 0.4) is 0 Å². The molecule has 4 aromatic rings. The first kappa shape index (κ1) is 29.2. The van der Waals surface area contributed by atoms with Gasteiger partial charge in [-0.25, -0.2) is 0 Å². The van der Waals surface area contributed by atoms with Crippen LogP contribution in [-0.2, 0) is 36.9 Å². The SMILES string of the molecule is COC(=O)[C@@]12CN(Cc3ccccn3)C[C@@](C(=O)OC)(C1=O)[C@@H](c1ccccn1)N(Cc1ccccn1)[C@@H]2c1ccccn1. The summed E-state index contributed by atoms with van der Waals surface area (Å²) in [5.74, 6) is -2.10. The van der Waals surface area contributed by atoms with Crippen molar-refractivity contribution in [3.8, 4) is 0 Å². The summed E-state index contributed by atoms with van der Waals surface area (Å²) in [5.41, 5.74) is -1.40. The molecule has 2 fully saturated rings. The third-order valence-corrected chi connectivity index (χ3v) is 8.57. The van der Waals surface area contributed by atoms with Gasteiger partial charge in [0, 0.05) is 51.0 Å². The van der Waals surface area contributed by atoms with Crippen LogP contribution in [-0.4, -0.2) is 74.8 Å². The number of hydrogen-bond acceptors (Lipinski definition) is 11. The molecule has 4 atom stereocenters. The third-order valence-electron chi connectivity index (χ3n) is 8.57. The highest BCUT2D eigenvalue weighted by Gasteiger charge is 2.75. The van der Waals surface area contributed by atoms with Gasteiger partial charge < -0.3 is 9.47 Å². The van der Waals surface area contributed by atoms with Crippen LogP contribution in [0.15, 0.2) is 97.6 Å². The molecule has 0 spiro atoms. The number of ketones is 1. The fourth-order valence-electron chi connectivity index (χ4n) is 6.96. The molecule has 0 radical (unpaired) electrons. The van der Waals surface area contributed by atoms with Gasteiger partial charge in [0.15, 0.2) is 16.6 Å². The maximum Gasteiger partial charge on any atom is 0.322 e. The van der Waals surface area contributed by atoms with Crippen LogP contribution in [0.1, 0.15) is 34.9 Å². The summed E-state index contributed by atoms with van der Waals surface area (Å²) in [7, 11) is 2.51. The normalized spacial score (nSPS) is 25.3. The molecule has 0 saturated carbocycles. The van der Waals surface area contributed by atoms with Crippen LogP contribution in [0, 0.1) is 10.8 Å². The van der Waals surface area contributed by atoms with E-state index in [1.165, 1.54) is 14.2 Å². The van der Waals surface area contributed by atoms with E-state index in [9.17, 15) is 9.59 Å². The highest BCUT2D eigenvalue weighted by atomic mass is 16.5. The Hall–Kier alpha value is -4.87. The van der Waals surface area contributed by atoms with Gasteiger partial charge in [-0.2, -0.15) is 0 Å². The molecular formula is C33H32N6O5. The first-order chi connectivity index (χ1) is 21.5. The second-order valence-electron chi connectivity index (χ2n) is 11.0. The van der Waals surface area contributed by atoms with Crippen LogP contribution in [0.25, 0.3) is 0 Å². The van der Waals surface area contributed by atoms with Gasteiger partial charge in [-0.15, -0.1) is 0 Å². The Bertz CT molecular complexity index is 1550. The maximum absolute atomic E-state index is 15.3. The van der Waals surface area contributed by atoms with Gasteiger partial charge in [-0.3, -0.25) is 44.1 Å². The highest BCUT2D eigenvalue weighted by molar-refractivity contribution is 6.17. The standard InChI is InChI=1S/C33H32N6O5/c1-43-30(41)32-21-38(19-23-11-3-7-15-34-23)22-33(29(32)40,31(42)44-2)28(26-14-6-10-18-37-26)39(20-24-12-4-8-16-35-24)27(32)25-13-5-9-17-36-25/h3-18,27-28H,19-22H2,1-2H3/t27-,28-,32-,33+/m1/s1. The highest BCUT2D eigenvalue weighted by Crippen LogP contribution is 2.61. The van der Waals surface area contributed by atoms with Gasteiger partial charge in [-0.05, 0) is 48.5 Å². The van der Waals surface area contributed by atoms with E-state index < -0.39 is 40.6 Å². The second-order valence-corrected chi connectivity index (χ2v) is 11.0. The van der Waals surface area contributed by atoms with E-state index in [-0.39, 0.29) is 26.2 Å². The average molecular weight is 593 g/mol. The van der Waals surface area contributed by atoms with Crippen LogP contribution in [0.5, 0.6) is 0 Å². The number of fused-ring (bicyclic) bond motifs is 2. The van der Waals surface area contributed by atoms with Crippen LogP contribution in [0.2, 0.25) is 0 Å². The number of nitrogens with zero attached hydrogens (tertiary/aromatic N) is 6. The number of Topliss-reactive ketones (excluding diaryl/α,β-unsaturated/α-hetero) is 1. The smallest absolute Gasteiger partial charge is 0.322 e. The van der Waals surface area contributed by atoms with Gasteiger partial charge in [0.05, 0.1) is 49.1 Å². The lowest BCUT2D eigenvalue weighted by Crippen LogP contribution is -2.75. The summed E-state index contributed by atoms with van der Waals surface area (Å²) in [6.45, 7) is 0.371.